The molecule has 1 aliphatic heterocycles. The van der Waals surface area contributed by atoms with Crippen LogP contribution in [0.2, 0.25) is 10.0 Å². The molecule has 1 unspecified atom stereocenters. The van der Waals surface area contributed by atoms with Crippen LogP contribution in [0.15, 0.2) is 65.3 Å². The van der Waals surface area contributed by atoms with Crippen molar-refractivity contribution in [2.75, 3.05) is 11.9 Å². The number of halogens is 3. The van der Waals surface area contributed by atoms with E-state index in [9.17, 15) is 4.79 Å². The number of anilines is 1. The van der Waals surface area contributed by atoms with Crippen molar-refractivity contribution in [3.05, 3.63) is 86.6 Å². The molecule has 0 bridgehead atoms. The van der Waals surface area contributed by atoms with Gasteiger partial charge in [0.05, 0.1) is 16.1 Å². The number of carbonyl (C=O) groups is 1. The summed E-state index contributed by atoms with van der Waals surface area (Å²) in [5.41, 5.74) is 2.76. The van der Waals surface area contributed by atoms with Crippen LogP contribution in [0.25, 0.3) is 0 Å². The molecule has 4 nitrogen and oxygen atoms in total. The zero-order valence-electron chi connectivity index (χ0n) is 14.2. The lowest BCUT2D eigenvalue weighted by molar-refractivity contribution is 0.182. The molecule has 7 heteroatoms. The number of carbonyl (C=O) groups excluding carboxylic acids is 1. The highest BCUT2D eigenvalue weighted by Gasteiger charge is 2.32. The van der Waals surface area contributed by atoms with Gasteiger partial charge in [0.2, 0.25) is 0 Å². The third kappa shape index (κ3) is 3.72. The number of aromatic nitrogens is 1. The fraction of sp³-hybridized carbons (Fsp3) is 0.150. The first-order valence-electron chi connectivity index (χ1n) is 8.46. The molecular formula is C20H16BrCl2N3O. The number of urea groups is 1. The van der Waals surface area contributed by atoms with Crippen LogP contribution in [-0.4, -0.2) is 22.0 Å². The monoisotopic (exact) mass is 463 g/mol. The number of rotatable bonds is 2. The third-order valence-corrected chi connectivity index (χ3v) is 5.92. The van der Waals surface area contributed by atoms with Crippen molar-refractivity contribution < 1.29 is 4.79 Å². The third-order valence-electron chi connectivity index (χ3n) is 4.66. The Morgan fingerprint density at radius 3 is 2.56 bits per heavy atom. The minimum atomic E-state index is -0.172. The van der Waals surface area contributed by atoms with Crippen LogP contribution >= 0.6 is 39.1 Å². The molecule has 2 heterocycles. The lowest BCUT2D eigenvalue weighted by Gasteiger charge is -2.37. The number of amides is 2. The molecule has 138 valence electrons. The van der Waals surface area contributed by atoms with Gasteiger partial charge in [-0.1, -0.05) is 51.3 Å². The van der Waals surface area contributed by atoms with Gasteiger partial charge in [-0.25, -0.2) is 4.79 Å². The summed E-state index contributed by atoms with van der Waals surface area (Å²) in [6.45, 7) is 1.36. The second-order valence-corrected chi connectivity index (χ2v) is 8.06. The zero-order chi connectivity index (χ0) is 19.0. The van der Waals surface area contributed by atoms with Crippen LogP contribution in [0.3, 0.4) is 0 Å². The highest BCUT2D eigenvalue weighted by atomic mass is 79.9. The Morgan fingerprint density at radius 1 is 1.04 bits per heavy atom. The van der Waals surface area contributed by atoms with Crippen molar-refractivity contribution in [2.24, 2.45) is 0 Å². The van der Waals surface area contributed by atoms with Crippen molar-refractivity contribution in [3.63, 3.8) is 0 Å². The summed E-state index contributed by atoms with van der Waals surface area (Å²) in [6.07, 6.45) is 2.05. The second kappa shape index (κ2) is 7.58. The van der Waals surface area contributed by atoms with E-state index >= 15 is 0 Å². The Morgan fingerprint density at radius 2 is 1.81 bits per heavy atom. The summed E-state index contributed by atoms with van der Waals surface area (Å²) in [7, 11) is 0. The molecule has 27 heavy (non-hydrogen) atoms. The van der Waals surface area contributed by atoms with Gasteiger partial charge in [0.1, 0.15) is 0 Å². The number of hydrogen-bond acceptors (Lipinski definition) is 1. The van der Waals surface area contributed by atoms with Crippen molar-refractivity contribution in [1.29, 1.82) is 0 Å². The van der Waals surface area contributed by atoms with Crippen LogP contribution in [0.5, 0.6) is 0 Å². The minimum Gasteiger partial charge on any atom is -0.348 e. The Hall–Kier alpha value is -1.95. The van der Waals surface area contributed by atoms with Crippen LogP contribution in [0.4, 0.5) is 10.5 Å². The molecule has 2 aromatic carbocycles. The van der Waals surface area contributed by atoms with Gasteiger partial charge >= 0.3 is 6.03 Å². The molecule has 0 radical (unpaired) electrons. The maximum Gasteiger partial charge on any atom is 0.322 e. The molecule has 0 fully saturated rings. The molecule has 1 N–H and O–H groups in total. The summed E-state index contributed by atoms with van der Waals surface area (Å²) in [6, 6.07) is 16.9. The van der Waals surface area contributed by atoms with Gasteiger partial charge in [-0.15, -0.1) is 0 Å². The number of nitrogens with one attached hydrogen (secondary N) is 1. The number of hydrogen-bond donors (Lipinski definition) is 1. The first-order valence-corrected chi connectivity index (χ1v) is 10.0. The van der Waals surface area contributed by atoms with E-state index in [0.29, 0.717) is 22.3 Å². The van der Waals surface area contributed by atoms with Gasteiger partial charge in [0, 0.05) is 35.1 Å². The quantitative estimate of drug-likeness (QED) is 0.482. The smallest absolute Gasteiger partial charge is 0.322 e. The normalized spacial score (nSPS) is 16.1. The average molecular weight is 465 g/mol. The Kier molecular flexibility index (Phi) is 5.17. The lowest BCUT2D eigenvalue weighted by atomic mass is 10.0. The van der Waals surface area contributed by atoms with Crippen molar-refractivity contribution in [2.45, 2.75) is 12.6 Å². The number of benzene rings is 2. The van der Waals surface area contributed by atoms with Gasteiger partial charge in [0.15, 0.2) is 0 Å². The molecule has 0 saturated carbocycles. The summed E-state index contributed by atoms with van der Waals surface area (Å²) in [5.74, 6) is 0. The Balaban J connectivity index is 1.66. The highest BCUT2D eigenvalue weighted by Crippen LogP contribution is 2.34. The molecule has 1 atom stereocenters. The molecule has 0 spiro atoms. The van der Waals surface area contributed by atoms with Gasteiger partial charge in [-0.2, -0.15) is 0 Å². The van der Waals surface area contributed by atoms with E-state index in [1.54, 1.807) is 18.2 Å². The number of fused-ring (bicyclic) bond motifs is 1. The first kappa shape index (κ1) is 18.4. The fourth-order valence-corrected chi connectivity index (χ4v) is 3.93. The van der Waals surface area contributed by atoms with Crippen molar-refractivity contribution in [1.82, 2.24) is 9.47 Å². The van der Waals surface area contributed by atoms with Crippen LogP contribution in [0.1, 0.15) is 17.3 Å². The van der Waals surface area contributed by atoms with Crippen LogP contribution in [-0.2, 0) is 6.54 Å². The Bertz CT molecular complexity index is 987. The molecule has 3 aromatic rings. The fourth-order valence-electron chi connectivity index (χ4n) is 3.37. The van der Waals surface area contributed by atoms with Gasteiger partial charge in [0.25, 0.3) is 0 Å². The number of nitrogens with zero attached hydrogens (tertiary/aromatic N) is 2. The first-order chi connectivity index (χ1) is 13.0. The summed E-state index contributed by atoms with van der Waals surface area (Å²) in [4.78, 5) is 14.9. The SMILES string of the molecule is O=C(Nc1ccc(Cl)c(Cl)c1)N1CCn2cccc2C1c1ccc(Br)cc1. The predicted octanol–water partition coefficient (Wildman–Crippen LogP) is 6.19. The van der Waals surface area contributed by atoms with E-state index in [4.69, 9.17) is 23.2 Å². The van der Waals surface area contributed by atoms with Crippen LogP contribution in [0, 0.1) is 0 Å². The van der Waals surface area contributed by atoms with Gasteiger partial charge in [-0.3, -0.25) is 0 Å². The molecule has 0 saturated heterocycles. The molecule has 1 aromatic heterocycles. The molecular weight excluding hydrogens is 449 g/mol. The zero-order valence-corrected chi connectivity index (χ0v) is 17.3. The van der Waals surface area contributed by atoms with E-state index in [2.05, 4.69) is 38.1 Å². The van der Waals surface area contributed by atoms with Crippen LogP contribution < -0.4 is 5.32 Å². The summed E-state index contributed by atoms with van der Waals surface area (Å²) in [5, 5.41) is 3.80. The lowest BCUT2D eigenvalue weighted by Crippen LogP contribution is -2.44. The topological polar surface area (TPSA) is 37.3 Å². The summed E-state index contributed by atoms with van der Waals surface area (Å²) < 4.78 is 3.19. The maximum absolute atomic E-state index is 13.1. The van der Waals surface area contributed by atoms with Crippen molar-refractivity contribution in [3.8, 4) is 0 Å². The maximum atomic E-state index is 13.1. The van der Waals surface area contributed by atoms with E-state index in [-0.39, 0.29) is 12.1 Å². The average Bonchev–Trinajstić information content (AvgIpc) is 3.13. The largest absolute Gasteiger partial charge is 0.348 e. The molecule has 4 rings (SSSR count). The molecule has 0 aliphatic carbocycles. The summed E-state index contributed by atoms with van der Waals surface area (Å²) >= 11 is 15.5. The van der Waals surface area contributed by atoms with E-state index in [0.717, 1.165) is 22.3 Å². The highest BCUT2D eigenvalue weighted by molar-refractivity contribution is 9.10. The van der Waals surface area contributed by atoms with Crippen molar-refractivity contribution >= 4 is 50.9 Å². The van der Waals surface area contributed by atoms with E-state index in [1.807, 2.05) is 35.2 Å². The second-order valence-electron chi connectivity index (χ2n) is 6.33. The van der Waals surface area contributed by atoms with E-state index in [1.165, 1.54) is 0 Å². The van der Waals surface area contributed by atoms with Gasteiger partial charge in [-0.05, 0) is 48.0 Å². The minimum absolute atomic E-state index is 0.162. The predicted molar refractivity (Wildman–Crippen MR) is 113 cm³/mol. The van der Waals surface area contributed by atoms with Gasteiger partial charge < -0.3 is 14.8 Å². The molecule has 2 amide bonds. The van der Waals surface area contributed by atoms with E-state index < -0.39 is 0 Å². The molecule has 1 aliphatic rings. The Labute approximate surface area is 175 Å². The standard InChI is InChI=1S/C20H16BrCl2N3O/c21-14-5-3-13(4-6-14)19-18-2-1-9-25(18)10-11-26(19)20(27)24-15-7-8-16(22)17(23)12-15/h1-9,12,19H,10-11H2,(H,24,27).